The minimum atomic E-state index is -0.704. The second-order valence-corrected chi connectivity index (χ2v) is 9.83. The SMILES string of the molecule is CC(C)CN[C@H]1CCC2(O)CN(CC3CC3)CCC2(c2cccc(O)c2)C1. The van der Waals surface area contributed by atoms with Crippen molar-refractivity contribution in [1.29, 1.82) is 0 Å². The number of nitrogens with zero attached hydrogens (tertiary/aromatic N) is 1. The predicted octanol–water partition coefficient (Wildman–Crippen LogP) is 3.27. The van der Waals surface area contributed by atoms with Crippen LogP contribution >= 0.6 is 0 Å². The molecule has 1 heterocycles. The molecular weight excluding hydrogens is 336 g/mol. The molecule has 0 bridgehead atoms. The van der Waals surface area contributed by atoms with Gasteiger partial charge in [0.25, 0.3) is 0 Å². The number of aromatic hydroxyl groups is 1. The summed E-state index contributed by atoms with van der Waals surface area (Å²) >= 11 is 0. The molecule has 2 aliphatic carbocycles. The van der Waals surface area contributed by atoms with E-state index in [1.165, 1.54) is 12.8 Å². The highest BCUT2D eigenvalue weighted by Gasteiger charge is 2.57. The van der Waals surface area contributed by atoms with Crippen molar-refractivity contribution in [2.45, 2.75) is 69.4 Å². The van der Waals surface area contributed by atoms with Crippen LogP contribution in [0.2, 0.25) is 0 Å². The topological polar surface area (TPSA) is 55.7 Å². The quantitative estimate of drug-likeness (QED) is 0.717. The molecular formula is C23H36N2O2. The van der Waals surface area contributed by atoms with Gasteiger partial charge in [-0.2, -0.15) is 0 Å². The molecule has 3 N–H and O–H groups in total. The standard InChI is InChI=1S/C23H36N2O2/c1-17(2)14-24-20-8-9-23(27)16-25(15-18-6-7-18)11-10-22(23,13-20)19-4-3-5-21(26)12-19/h3-5,12,17-18,20,24,26-27H,6-11,13-16H2,1-2H3/t20-,22?,23?/m0/s1. The van der Waals surface area contributed by atoms with E-state index < -0.39 is 5.60 Å². The van der Waals surface area contributed by atoms with Gasteiger partial charge >= 0.3 is 0 Å². The van der Waals surface area contributed by atoms with Crippen LogP contribution in [0.25, 0.3) is 0 Å². The fourth-order valence-corrected chi connectivity index (χ4v) is 5.46. The van der Waals surface area contributed by atoms with E-state index in [4.69, 9.17) is 0 Å². The summed E-state index contributed by atoms with van der Waals surface area (Å²) in [4.78, 5) is 2.50. The van der Waals surface area contributed by atoms with Crippen LogP contribution in [-0.4, -0.2) is 52.9 Å². The smallest absolute Gasteiger partial charge is 0.115 e. The van der Waals surface area contributed by atoms with Gasteiger partial charge in [0.2, 0.25) is 0 Å². The second kappa shape index (κ2) is 7.38. The zero-order chi connectivity index (χ0) is 19.1. The van der Waals surface area contributed by atoms with Crippen LogP contribution in [0.3, 0.4) is 0 Å². The number of hydrogen-bond acceptors (Lipinski definition) is 4. The molecule has 27 heavy (non-hydrogen) atoms. The molecule has 3 fully saturated rings. The molecule has 1 aliphatic heterocycles. The number of phenolic OH excluding ortho intramolecular Hbond substituents is 1. The van der Waals surface area contributed by atoms with Crippen LogP contribution in [0.1, 0.15) is 57.9 Å². The summed E-state index contributed by atoms with van der Waals surface area (Å²) in [7, 11) is 0. The van der Waals surface area contributed by atoms with Crippen LogP contribution in [0, 0.1) is 11.8 Å². The van der Waals surface area contributed by atoms with Gasteiger partial charge in [-0.15, -0.1) is 0 Å². The number of β-amino-alcohol motifs (C(OH)–C–C–N with tert-alkyl or cyclic N) is 1. The molecule has 0 spiro atoms. The first-order valence-corrected chi connectivity index (χ1v) is 10.9. The molecule has 4 rings (SSSR count). The van der Waals surface area contributed by atoms with Gasteiger partial charge in [-0.1, -0.05) is 26.0 Å². The summed E-state index contributed by atoms with van der Waals surface area (Å²) in [5.41, 5.74) is 0.148. The number of nitrogens with one attached hydrogen (secondary N) is 1. The van der Waals surface area contributed by atoms with Gasteiger partial charge in [-0.3, -0.25) is 0 Å². The molecule has 0 aromatic heterocycles. The highest BCUT2D eigenvalue weighted by atomic mass is 16.3. The molecule has 1 aromatic carbocycles. The molecule has 3 aliphatic rings. The van der Waals surface area contributed by atoms with Gasteiger partial charge in [-0.05, 0) is 81.1 Å². The lowest BCUT2D eigenvalue weighted by Crippen LogP contribution is -2.67. The Hall–Kier alpha value is -1.10. The van der Waals surface area contributed by atoms with E-state index in [0.717, 1.165) is 63.3 Å². The van der Waals surface area contributed by atoms with E-state index in [-0.39, 0.29) is 5.41 Å². The van der Waals surface area contributed by atoms with Crippen molar-refractivity contribution in [2.75, 3.05) is 26.2 Å². The highest BCUT2D eigenvalue weighted by molar-refractivity contribution is 5.38. The number of fused-ring (bicyclic) bond motifs is 1. The largest absolute Gasteiger partial charge is 0.508 e. The first kappa shape index (κ1) is 19.2. The third-order valence-corrected chi connectivity index (χ3v) is 7.16. The first-order valence-electron chi connectivity index (χ1n) is 10.9. The van der Waals surface area contributed by atoms with Crippen molar-refractivity contribution in [1.82, 2.24) is 10.2 Å². The van der Waals surface area contributed by atoms with Crippen LogP contribution in [0.4, 0.5) is 0 Å². The van der Waals surface area contributed by atoms with E-state index in [1.807, 2.05) is 12.1 Å². The lowest BCUT2D eigenvalue weighted by atomic mass is 9.55. The fraction of sp³-hybridized carbons (Fsp3) is 0.739. The van der Waals surface area contributed by atoms with Crippen LogP contribution in [0.5, 0.6) is 5.75 Å². The molecule has 1 saturated heterocycles. The van der Waals surface area contributed by atoms with Crippen molar-refractivity contribution in [2.24, 2.45) is 11.8 Å². The Bertz CT molecular complexity index is 660. The minimum absolute atomic E-state index is 0.265. The highest BCUT2D eigenvalue weighted by Crippen LogP contribution is 2.52. The Morgan fingerprint density at radius 1 is 1.22 bits per heavy atom. The third kappa shape index (κ3) is 3.90. The maximum absolute atomic E-state index is 11.9. The predicted molar refractivity (Wildman–Crippen MR) is 109 cm³/mol. The molecule has 2 unspecified atom stereocenters. The van der Waals surface area contributed by atoms with E-state index in [1.54, 1.807) is 6.07 Å². The average molecular weight is 373 g/mol. The molecule has 1 aromatic rings. The van der Waals surface area contributed by atoms with Gasteiger partial charge in [-0.25, -0.2) is 0 Å². The summed E-state index contributed by atoms with van der Waals surface area (Å²) in [5.74, 6) is 1.79. The molecule has 0 amide bonds. The van der Waals surface area contributed by atoms with Crippen LogP contribution < -0.4 is 5.32 Å². The third-order valence-electron chi connectivity index (χ3n) is 7.16. The fourth-order valence-electron chi connectivity index (χ4n) is 5.46. The van der Waals surface area contributed by atoms with E-state index in [0.29, 0.717) is 17.7 Å². The zero-order valence-electron chi connectivity index (χ0n) is 17.0. The Balaban J connectivity index is 1.61. The zero-order valence-corrected chi connectivity index (χ0v) is 17.0. The van der Waals surface area contributed by atoms with Crippen LogP contribution in [-0.2, 0) is 5.41 Å². The Morgan fingerprint density at radius 2 is 2.04 bits per heavy atom. The van der Waals surface area contributed by atoms with E-state index in [2.05, 4.69) is 30.1 Å². The van der Waals surface area contributed by atoms with Gasteiger partial charge < -0.3 is 20.4 Å². The van der Waals surface area contributed by atoms with Gasteiger partial charge in [0.05, 0.1) is 5.60 Å². The van der Waals surface area contributed by atoms with Crippen LogP contribution in [0.15, 0.2) is 24.3 Å². The number of rotatable bonds is 6. The van der Waals surface area contributed by atoms with Gasteiger partial charge in [0, 0.05) is 24.5 Å². The van der Waals surface area contributed by atoms with Crippen molar-refractivity contribution >= 4 is 0 Å². The normalized spacial score (nSPS) is 34.6. The first-order chi connectivity index (χ1) is 12.9. The van der Waals surface area contributed by atoms with Gasteiger partial charge in [0.1, 0.15) is 5.75 Å². The Labute approximate surface area is 164 Å². The Kier molecular flexibility index (Phi) is 5.26. The summed E-state index contributed by atoms with van der Waals surface area (Å²) in [6.07, 6.45) is 6.50. The molecule has 4 nitrogen and oxygen atoms in total. The number of benzene rings is 1. The number of phenols is 1. The molecule has 2 saturated carbocycles. The average Bonchev–Trinajstić information content (AvgIpc) is 3.43. The number of hydrogen-bond donors (Lipinski definition) is 3. The van der Waals surface area contributed by atoms with Crippen molar-refractivity contribution in [3.8, 4) is 5.75 Å². The van der Waals surface area contributed by atoms with Gasteiger partial charge in [0.15, 0.2) is 0 Å². The maximum atomic E-state index is 11.9. The van der Waals surface area contributed by atoms with E-state index in [9.17, 15) is 10.2 Å². The van der Waals surface area contributed by atoms with Crippen molar-refractivity contribution in [3.05, 3.63) is 29.8 Å². The summed E-state index contributed by atoms with van der Waals surface area (Å²) in [5, 5.41) is 25.8. The minimum Gasteiger partial charge on any atom is -0.508 e. The summed E-state index contributed by atoms with van der Waals surface area (Å²) in [6.45, 7) is 8.48. The lowest BCUT2D eigenvalue weighted by Gasteiger charge is -2.58. The second-order valence-electron chi connectivity index (χ2n) is 9.83. The van der Waals surface area contributed by atoms with Crippen molar-refractivity contribution in [3.63, 3.8) is 0 Å². The number of aliphatic hydroxyl groups is 1. The van der Waals surface area contributed by atoms with E-state index >= 15 is 0 Å². The molecule has 150 valence electrons. The lowest BCUT2D eigenvalue weighted by molar-refractivity contribution is -0.127. The number of piperidine rings is 1. The maximum Gasteiger partial charge on any atom is 0.115 e. The number of likely N-dealkylation sites (tertiary alicyclic amines) is 1. The molecule has 0 radical (unpaired) electrons. The van der Waals surface area contributed by atoms with Crippen molar-refractivity contribution < 1.29 is 10.2 Å². The molecule has 3 atom stereocenters. The Morgan fingerprint density at radius 3 is 2.74 bits per heavy atom. The summed E-state index contributed by atoms with van der Waals surface area (Å²) in [6, 6.07) is 8.11. The molecule has 4 heteroatoms. The monoisotopic (exact) mass is 372 g/mol. The summed E-state index contributed by atoms with van der Waals surface area (Å²) < 4.78 is 0.